The molecule has 0 unspecified atom stereocenters. The monoisotopic (exact) mass is 375 g/mol. The van der Waals surface area contributed by atoms with E-state index in [1.807, 2.05) is 30.3 Å². The number of para-hydroxylation sites is 1. The summed E-state index contributed by atoms with van der Waals surface area (Å²) in [6.45, 7) is 2.86. The van der Waals surface area contributed by atoms with Crippen molar-refractivity contribution in [2.75, 3.05) is 4.90 Å². The Morgan fingerprint density at radius 2 is 1.64 bits per heavy atom. The van der Waals surface area contributed by atoms with Gasteiger partial charge in [-0.2, -0.15) is 0 Å². The minimum absolute atomic E-state index is 0.172. The molecule has 3 aromatic carbocycles. The maximum Gasteiger partial charge on any atom is 0.308 e. The van der Waals surface area contributed by atoms with Crippen molar-refractivity contribution in [3.63, 3.8) is 0 Å². The maximum absolute atomic E-state index is 13.0. The van der Waals surface area contributed by atoms with E-state index < -0.39 is 11.9 Å². The van der Waals surface area contributed by atoms with Crippen molar-refractivity contribution in [3.05, 3.63) is 65.7 Å². The van der Waals surface area contributed by atoms with Gasteiger partial charge in [0.05, 0.1) is 11.9 Å². The van der Waals surface area contributed by atoms with Crippen LogP contribution >= 0.6 is 0 Å². The van der Waals surface area contributed by atoms with E-state index in [1.54, 1.807) is 29.2 Å². The standard InChI is InChI=1S/C22H17NO5/c1-13(24)27-19-10-6-7-15-11-17-18(21(20(15)19)28-14(2)25)12-23(22(17)26)16-8-4-3-5-9-16/h3-11H,12H2,1-2H3. The normalized spacial score (nSPS) is 12.8. The van der Waals surface area contributed by atoms with Gasteiger partial charge in [0.25, 0.3) is 5.91 Å². The molecule has 3 aromatic rings. The number of ether oxygens (including phenoxy) is 2. The second-order valence-corrected chi connectivity index (χ2v) is 6.50. The number of anilines is 1. The van der Waals surface area contributed by atoms with Crippen LogP contribution < -0.4 is 14.4 Å². The average molecular weight is 375 g/mol. The first-order chi connectivity index (χ1) is 13.5. The van der Waals surface area contributed by atoms with E-state index in [4.69, 9.17) is 9.47 Å². The minimum atomic E-state index is -0.516. The second-order valence-electron chi connectivity index (χ2n) is 6.50. The van der Waals surface area contributed by atoms with Crippen LogP contribution in [0.3, 0.4) is 0 Å². The number of hydrogen-bond donors (Lipinski definition) is 0. The first-order valence-corrected chi connectivity index (χ1v) is 8.78. The van der Waals surface area contributed by atoms with Crippen LogP contribution in [0.1, 0.15) is 29.8 Å². The van der Waals surface area contributed by atoms with Gasteiger partial charge < -0.3 is 14.4 Å². The quantitative estimate of drug-likeness (QED) is 0.514. The fraction of sp³-hybridized carbons (Fsp3) is 0.136. The number of esters is 2. The summed E-state index contributed by atoms with van der Waals surface area (Å²) in [5.74, 6) is -0.630. The highest BCUT2D eigenvalue weighted by Crippen LogP contribution is 2.43. The van der Waals surface area contributed by atoms with Gasteiger partial charge in [-0.1, -0.05) is 30.3 Å². The zero-order chi connectivity index (χ0) is 19.8. The molecule has 1 amide bonds. The first kappa shape index (κ1) is 17.7. The zero-order valence-corrected chi connectivity index (χ0v) is 15.4. The van der Waals surface area contributed by atoms with Crippen molar-refractivity contribution in [2.45, 2.75) is 20.4 Å². The second kappa shape index (κ2) is 6.81. The number of fused-ring (bicyclic) bond motifs is 2. The summed E-state index contributed by atoms with van der Waals surface area (Å²) in [6, 6.07) is 16.2. The topological polar surface area (TPSA) is 72.9 Å². The Labute approximate surface area is 161 Å². The van der Waals surface area contributed by atoms with E-state index in [0.717, 1.165) is 5.69 Å². The van der Waals surface area contributed by atoms with Gasteiger partial charge >= 0.3 is 11.9 Å². The van der Waals surface area contributed by atoms with Gasteiger partial charge in [-0.15, -0.1) is 0 Å². The molecule has 140 valence electrons. The maximum atomic E-state index is 13.0. The summed E-state index contributed by atoms with van der Waals surface area (Å²) in [6.07, 6.45) is 0. The van der Waals surface area contributed by atoms with E-state index >= 15 is 0 Å². The smallest absolute Gasteiger partial charge is 0.308 e. The Morgan fingerprint density at radius 1 is 0.929 bits per heavy atom. The summed E-state index contributed by atoms with van der Waals surface area (Å²) in [4.78, 5) is 38.0. The van der Waals surface area contributed by atoms with E-state index in [9.17, 15) is 14.4 Å². The van der Waals surface area contributed by atoms with Crippen molar-refractivity contribution < 1.29 is 23.9 Å². The number of amides is 1. The minimum Gasteiger partial charge on any atom is -0.426 e. The summed E-state index contributed by atoms with van der Waals surface area (Å²) < 4.78 is 10.8. The molecule has 0 saturated carbocycles. The zero-order valence-electron chi connectivity index (χ0n) is 15.4. The predicted octanol–water partition coefficient (Wildman–Crippen LogP) is 3.85. The average Bonchev–Trinajstić information content (AvgIpc) is 2.98. The number of rotatable bonds is 3. The lowest BCUT2D eigenvalue weighted by Gasteiger charge is -2.16. The molecule has 0 atom stereocenters. The Bertz CT molecular complexity index is 1120. The lowest BCUT2D eigenvalue weighted by molar-refractivity contribution is -0.132. The van der Waals surface area contributed by atoms with Crippen LogP contribution in [0.15, 0.2) is 54.6 Å². The van der Waals surface area contributed by atoms with E-state index in [0.29, 0.717) is 21.9 Å². The predicted molar refractivity (Wildman–Crippen MR) is 104 cm³/mol. The third-order valence-electron chi connectivity index (χ3n) is 4.54. The molecule has 4 rings (SSSR count). The van der Waals surface area contributed by atoms with Crippen molar-refractivity contribution in [1.82, 2.24) is 0 Å². The van der Waals surface area contributed by atoms with Gasteiger partial charge in [0.1, 0.15) is 11.5 Å². The molecular formula is C22H17NO5. The van der Waals surface area contributed by atoms with Crippen molar-refractivity contribution >= 4 is 34.3 Å². The van der Waals surface area contributed by atoms with Gasteiger partial charge in [-0.25, -0.2) is 0 Å². The van der Waals surface area contributed by atoms with Crippen molar-refractivity contribution in [3.8, 4) is 11.5 Å². The molecule has 1 heterocycles. The summed E-state index contributed by atoms with van der Waals surface area (Å²) in [7, 11) is 0. The molecule has 0 bridgehead atoms. The molecule has 0 radical (unpaired) electrons. The van der Waals surface area contributed by atoms with Crippen molar-refractivity contribution in [2.24, 2.45) is 0 Å². The first-order valence-electron chi connectivity index (χ1n) is 8.78. The summed E-state index contributed by atoms with van der Waals surface area (Å²) >= 11 is 0. The number of carbonyl (C=O) groups is 3. The van der Waals surface area contributed by atoms with Gasteiger partial charge in [0.2, 0.25) is 0 Å². The lowest BCUT2D eigenvalue weighted by Crippen LogP contribution is -2.22. The Morgan fingerprint density at radius 3 is 2.32 bits per heavy atom. The molecule has 0 saturated heterocycles. The van der Waals surface area contributed by atoms with Crippen LogP contribution in [0.2, 0.25) is 0 Å². The highest BCUT2D eigenvalue weighted by atomic mass is 16.5. The molecule has 6 nitrogen and oxygen atoms in total. The molecule has 1 aliphatic heterocycles. The summed E-state index contributed by atoms with van der Waals surface area (Å²) in [5, 5.41) is 1.14. The molecule has 0 aliphatic carbocycles. The number of hydrogen-bond acceptors (Lipinski definition) is 5. The third-order valence-corrected chi connectivity index (χ3v) is 4.54. The SMILES string of the molecule is CC(=O)Oc1cccc2cc3c(c(OC(C)=O)c12)CN(c1ccccc1)C3=O. The van der Waals surface area contributed by atoms with Crippen LogP contribution in [-0.4, -0.2) is 17.8 Å². The van der Waals surface area contributed by atoms with E-state index in [1.165, 1.54) is 13.8 Å². The molecule has 0 fully saturated rings. The van der Waals surface area contributed by atoms with Crippen LogP contribution in [0.4, 0.5) is 5.69 Å². The molecule has 6 heteroatoms. The lowest BCUT2D eigenvalue weighted by atomic mass is 10.00. The molecule has 0 N–H and O–H groups in total. The van der Waals surface area contributed by atoms with Gasteiger partial charge in [0.15, 0.2) is 0 Å². The van der Waals surface area contributed by atoms with Crippen molar-refractivity contribution in [1.29, 1.82) is 0 Å². The van der Waals surface area contributed by atoms with Crippen LogP contribution in [0.25, 0.3) is 10.8 Å². The fourth-order valence-corrected chi connectivity index (χ4v) is 3.46. The fourth-order valence-electron chi connectivity index (χ4n) is 3.46. The molecule has 0 aromatic heterocycles. The van der Waals surface area contributed by atoms with E-state index in [2.05, 4.69) is 0 Å². The molecule has 0 spiro atoms. The van der Waals surface area contributed by atoms with Gasteiger partial charge in [-0.3, -0.25) is 14.4 Å². The Balaban J connectivity index is 1.95. The molecular weight excluding hydrogens is 358 g/mol. The highest BCUT2D eigenvalue weighted by Gasteiger charge is 2.33. The Kier molecular flexibility index (Phi) is 4.31. The van der Waals surface area contributed by atoms with Crippen LogP contribution in [0.5, 0.6) is 11.5 Å². The van der Waals surface area contributed by atoms with Crippen LogP contribution in [0, 0.1) is 0 Å². The van der Waals surface area contributed by atoms with Gasteiger partial charge in [0, 0.05) is 30.7 Å². The highest BCUT2D eigenvalue weighted by molar-refractivity contribution is 6.14. The summed E-state index contributed by atoms with van der Waals surface area (Å²) in [5.41, 5.74) is 1.81. The molecule has 28 heavy (non-hydrogen) atoms. The molecule has 1 aliphatic rings. The van der Waals surface area contributed by atoms with Crippen LogP contribution in [-0.2, 0) is 16.1 Å². The van der Waals surface area contributed by atoms with E-state index in [-0.39, 0.29) is 24.0 Å². The largest absolute Gasteiger partial charge is 0.426 e. The van der Waals surface area contributed by atoms with Gasteiger partial charge in [-0.05, 0) is 29.7 Å². The number of carbonyl (C=O) groups excluding carboxylic acids is 3. The number of benzene rings is 3. The Hall–Kier alpha value is -3.67. The number of nitrogens with zero attached hydrogens (tertiary/aromatic N) is 1. The third kappa shape index (κ3) is 2.99.